The topological polar surface area (TPSA) is 88.0 Å². The maximum absolute atomic E-state index is 12.0. The standard InChI is InChI=1S/C15H12N4O2S/c1-9-6-10(2-3-13(9)20)12-8-22-15(18-12)19-14(21)11-4-5-16-17-7-11/h2-8,20H,1H3,(H,18,19,21). The van der Waals surface area contributed by atoms with Crippen LogP contribution in [0, 0.1) is 6.92 Å². The van der Waals surface area contributed by atoms with Crippen LogP contribution in [0.15, 0.2) is 42.0 Å². The van der Waals surface area contributed by atoms with Gasteiger partial charge in [0.15, 0.2) is 5.13 Å². The van der Waals surface area contributed by atoms with Gasteiger partial charge in [-0.15, -0.1) is 11.3 Å². The average Bonchev–Trinajstić information content (AvgIpc) is 2.99. The highest BCUT2D eigenvalue weighted by atomic mass is 32.1. The normalized spacial score (nSPS) is 10.4. The van der Waals surface area contributed by atoms with Gasteiger partial charge < -0.3 is 5.11 Å². The summed E-state index contributed by atoms with van der Waals surface area (Å²) < 4.78 is 0. The molecule has 0 unspecified atom stereocenters. The Morgan fingerprint density at radius 2 is 2.14 bits per heavy atom. The van der Waals surface area contributed by atoms with Crippen LogP contribution >= 0.6 is 11.3 Å². The molecule has 0 atom stereocenters. The highest BCUT2D eigenvalue weighted by Crippen LogP contribution is 2.28. The number of aromatic hydroxyl groups is 1. The first kappa shape index (κ1) is 14.2. The van der Waals surface area contributed by atoms with Gasteiger partial charge in [0.1, 0.15) is 5.75 Å². The number of anilines is 1. The number of aromatic nitrogens is 3. The van der Waals surface area contributed by atoms with Gasteiger partial charge in [-0.25, -0.2) is 4.98 Å². The van der Waals surface area contributed by atoms with E-state index in [-0.39, 0.29) is 11.7 Å². The van der Waals surface area contributed by atoms with E-state index >= 15 is 0 Å². The maximum Gasteiger partial charge on any atom is 0.259 e. The number of phenolic OH excluding ortho intramolecular Hbond substituents is 1. The van der Waals surface area contributed by atoms with Gasteiger partial charge in [0.25, 0.3) is 5.91 Å². The Labute approximate surface area is 130 Å². The molecule has 3 rings (SSSR count). The van der Waals surface area contributed by atoms with Crippen molar-refractivity contribution in [1.29, 1.82) is 0 Å². The van der Waals surface area contributed by atoms with Crippen LogP contribution in [0.1, 0.15) is 15.9 Å². The molecular weight excluding hydrogens is 300 g/mol. The zero-order valence-electron chi connectivity index (χ0n) is 11.6. The molecule has 0 saturated heterocycles. The van der Waals surface area contributed by atoms with Gasteiger partial charge in [-0.05, 0) is 36.8 Å². The van der Waals surface area contributed by atoms with Gasteiger partial charge in [0, 0.05) is 10.9 Å². The van der Waals surface area contributed by atoms with E-state index in [1.807, 2.05) is 18.4 Å². The Kier molecular flexibility index (Phi) is 3.80. The second-order valence-corrected chi connectivity index (χ2v) is 5.48. The minimum absolute atomic E-state index is 0.248. The number of hydrogen-bond donors (Lipinski definition) is 2. The van der Waals surface area contributed by atoms with Crippen LogP contribution in [0.3, 0.4) is 0 Å². The number of aryl methyl sites for hydroxylation is 1. The van der Waals surface area contributed by atoms with E-state index in [0.29, 0.717) is 10.7 Å². The number of phenols is 1. The van der Waals surface area contributed by atoms with E-state index in [4.69, 9.17) is 0 Å². The second kappa shape index (κ2) is 5.90. The molecule has 1 amide bonds. The third-order valence-corrected chi connectivity index (χ3v) is 3.82. The summed E-state index contributed by atoms with van der Waals surface area (Å²) in [6.45, 7) is 1.82. The average molecular weight is 312 g/mol. The number of nitrogens with zero attached hydrogens (tertiary/aromatic N) is 3. The highest BCUT2D eigenvalue weighted by molar-refractivity contribution is 7.14. The third-order valence-electron chi connectivity index (χ3n) is 3.06. The summed E-state index contributed by atoms with van der Waals surface area (Å²) in [5.41, 5.74) is 2.83. The van der Waals surface area contributed by atoms with Gasteiger partial charge in [0.2, 0.25) is 0 Å². The lowest BCUT2D eigenvalue weighted by atomic mass is 10.1. The molecule has 0 aliphatic rings. The second-order valence-electron chi connectivity index (χ2n) is 4.62. The lowest BCUT2D eigenvalue weighted by Gasteiger charge is -2.02. The molecule has 22 heavy (non-hydrogen) atoms. The van der Waals surface area contributed by atoms with E-state index in [9.17, 15) is 9.90 Å². The summed E-state index contributed by atoms with van der Waals surface area (Å²) in [6, 6.07) is 6.85. The Hall–Kier alpha value is -2.80. The predicted molar refractivity (Wildman–Crippen MR) is 83.9 cm³/mol. The minimum atomic E-state index is -0.280. The molecule has 6 nitrogen and oxygen atoms in total. The molecule has 0 aliphatic carbocycles. The van der Waals surface area contributed by atoms with Crippen molar-refractivity contribution in [3.8, 4) is 17.0 Å². The number of carbonyl (C=O) groups excluding carboxylic acids is 1. The number of thiazole rings is 1. The fraction of sp³-hybridized carbons (Fsp3) is 0.0667. The zero-order chi connectivity index (χ0) is 15.5. The van der Waals surface area contributed by atoms with Gasteiger partial charge >= 0.3 is 0 Å². The van der Waals surface area contributed by atoms with Gasteiger partial charge in [-0.1, -0.05) is 0 Å². The van der Waals surface area contributed by atoms with Crippen molar-refractivity contribution in [2.24, 2.45) is 0 Å². The molecule has 2 N–H and O–H groups in total. The molecule has 110 valence electrons. The highest BCUT2D eigenvalue weighted by Gasteiger charge is 2.10. The van der Waals surface area contributed by atoms with Crippen LogP contribution in [0.2, 0.25) is 0 Å². The third kappa shape index (κ3) is 2.94. The first-order valence-electron chi connectivity index (χ1n) is 6.47. The fourth-order valence-corrected chi connectivity index (χ4v) is 2.59. The largest absolute Gasteiger partial charge is 0.508 e. The van der Waals surface area contributed by atoms with E-state index in [2.05, 4.69) is 20.5 Å². The van der Waals surface area contributed by atoms with E-state index in [1.54, 1.807) is 18.2 Å². The molecule has 0 spiro atoms. The number of amides is 1. The van der Waals surface area contributed by atoms with Crippen LogP contribution < -0.4 is 5.32 Å². The first-order chi connectivity index (χ1) is 10.6. The van der Waals surface area contributed by atoms with Crippen molar-refractivity contribution in [3.63, 3.8) is 0 Å². The summed E-state index contributed by atoms with van der Waals surface area (Å²) in [5, 5.41) is 21.9. The van der Waals surface area contributed by atoms with E-state index in [0.717, 1.165) is 16.8 Å². The number of benzene rings is 1. The molecule has 0 fully saturated rings. The van der Waals surface area contributed by atoms with E-state index < -0.39 is 0 Å². The Morgan fingerprint density at radius 3 is 2.86 bits per heavy atom. The smallest absolute Gasteiger partial charge is 0.259 e. The van der Waals surface area contributed by atoms with Gasteiger partial charge in [0.05, 0.1) is 23.7 Å². The van der Waals surface area contributed by atoms with Gasteiger partial charge in [-0.3, -0.25) is 10.1 Å². The fourth-order valence-electron chi connectivity index (χ4n) is 1.87. The molecule has 0 radical (unpaired) electrons. The van der Waals surface area contributed by atoms with Crippen LogP contribution in [0.5, 0.6) is 5.75 Å². The predicted octanol–water partition coefficient (Wildman–Crippen LogP) is 2.87. The molecule has 1 aromatic carbocycles. The monoisotopic (exact) mass is 312 g/mol. The quantitative estimate of drug-likeness (QED) is 0.776. The number of carbonyl (C=O) groups is 1. The van der Waals surface area contributed by atoms with Crippen LogP contribution in [0.4, 0.5) is 5.13 Å². The van der Waals surface area contributed by atoms with Crippen molar-refractivity contribution in [3.05, 3.63) is 53.2 Å². The van der Waals surface area contributed by atoms with Gasteiger partial charge in [-0.2, -0.15) is 10.2 Å². The molecule has 3 aromatic rings. The molecule has 0 aliphatic heterocycles. The summed E-state index contributed by atoms with van der Waals surface area (Å²) in [6.07, 6.45) is 2.86. The molecular formula is C15H12N4O2S. The number of hydrogen-bond acceptors (Lipinski definition) is 6. The van der Waals surface area contributed by atoms with Crippen molar-refractivity contribution in [2.75, 3.05) is 5.32 Å². The molecule has 0 bridgehead atoms. The maximum atomic E-state index is 12.0. The Bertz CT molecular complexity index is 817. The number of rotatable bonds is 3. The SMILES string of the molecule is Cc1cc(-c2csc(NC(=O)c3ccnnc3)n2)ccc1O. The summed E-state index contributed by atoms with van der Waals surface area (Å²) in [7, 11) is 0. The van der Waals surface area contributed by atoms with Crippen LogP contribution in [0.25, 0.3) is 11.3 Å². The van der Waals surface area contributed by atoms with Crippen LogP contribution in [-0.2, 0) is 0 Å². The van der Waals surface area contributed by atoms with Crippen molar-refractivity contribution in [2.45, 2.75) is 6.92 Å². The van der Waals surface area contributed by atoms with Crippen molar-refractivity contribution < 1.29 is 9.90 Å². The molecule has 2 heterocycles. The zero-order valence-corrected chi connectivity index (χ0v) is 12.5. The lowest BCUT2D eigenvalue weighted by Crippen LogP contribution is -2.12. The first-order valence-corrected chi connectivity index (χ1v) is 7.35. The summed E-state index contributed by atoms with van der Waals surface area (Å²) in [4.78, 5) is 16.4. The molecule has 0 saturated carbocycles. The minimum Gasteiger partial charge on any atom is -0.508 e. The van der Waals surface area contributed by atoms with Crippen molar-refractivity contribution >= 4 is 22.4 Å². The lowest BCUT2D eigenvalue weighted by molar-refractivity contribution is 0.102. The van der Waals surface area contributed by atoms with E-state index in [1.165, 1.54) is 23.7 Å². The summed E-state index contributed by atoms with van der Waals surface area (Å²) in [5.74, 6) is -0.0321. The number of nitrogens with one attached hydrogen (secondary N) is 1. The summed E-state index contributed by atoms with van der Waals surface area (Å²) >= 11 is 1.34. The molecule has 7 heteroatoms. The van der Waals surface area contributed by atoms with Crippen molar-refractivity contribution in [1.82, 2.24) is 15.2 Å². The molecule has 2 aromatic heterocycles. The van der Waals surface area contributed by atoms with Crippen LogP contribution in [-0.4, -0.2) is 26.2 Å². The Morgan fingerprint density at radius 1 is 1.27 bits per heavy atom. The Balaban J connectivity index is 1.79.